The normalized spacial score (nSPS) is 11.8. The first kappa shape index (κ1) is 13.9. The lowest BCUT2D eigenvalue weighted by Crippen LogP contribution is -2.11. The molecule has 1 N–H and O–H groups in total. The fourth-order valence-corrected chi connectivity index (χ4v) is 2.93. The van der Waals surface area contributed by atoms with Crippen LogP contribution in [0.25, 0.3) is 10.2 Å². The first-order valence-corrected chi connectivity index (χ1v) is 7.10. The largest absolute Gasteiger partial charge is 0.416 e. The van der Waals surface area contributed by atoms with Gasteiger partial charge in [0.15, 0.2) is 5.13 Å². The zero-order valence-corrected chi connectivity index (χ0v) is 11.6. The number of rotatable bonds is 3. The van der Waals surface area contributed by atoms with Crippen molar-refractivity contribution in [1.82, 2.24) is 4.98 Å². The van der Waals surface area contributed by atoms with Gasteiger partial charge in [-0.2, -0.15) is 13.2 Å². The van der Waals surface area contributed by atoms with Gasteiger partial charge in [0, 0.05) is 6.54 Å². The third-order valence-corrected chi connectivity index (χ3v) is 4.04. The summed E-state index contributed by atoms with van der Waals surface area (Å²) < 4.78 is 39.7. The van der Waals surface area contributed by atoms with Crippen molar-refractivity contribution < 1.29 is 13.2 Å². The van der Waals surface area contributed by atoms with Crippen LogP contribution >= 0.6 is 11.3 Å². The molecule has 0 aliphatic rings. The van der Waals surface area contributed by atoms with Crippen LogP contribution in [0, 0.1) is 0 Å². The minimum atomic E-state index is -4.34. The number of halogens is 3. The molecule has 1 heterocycles. The summed E-state index contributed by atoms with van der Waals surface area (Å²) in [5.74, 6) is 0. The van der Waals surface area contributed by atoms with Crippen LogP contribution in [0.15, 0.2) is 48.5 Å². The van der Waals surface area contributed by atoms with Crippen LogP contribution in [-0.4, -0.2) is 4.98 Å². The third kappa shape index (κ3) is 3.00. The number of para-hydroxylation sites is 1. The van der Waals surface area contributed by atoms with Gasteiger partial charge >= 0.3 is 6.18 Å². The van der Waals surface area contributed by atoms with Gasteiger partial charge in [0.2, 0.25) is 0 Å². The van der Waals surface area contributed by atoms with Crippen LogP contribution in [-0.2, 0) is 12.7 Å². The highest BCUT2D eigenvalue weighted by atomic mass is 32.1. The molecule has 2 aromatic carbocycles. The van der Waals surface area contributed by atoms with Crippen LogP contribution < -0.4 is 5.32 Å². The van der Waals surface area contributed by atoms with E-state index in [4.69, 9.17) is 0 Å². The molecular formula is C15H11F3N2S. The average Bonchev–Trinajstić information content (AvgIpc) is 2.87. The van der Waals surface area contributed by atoms with Gasteiger partial charge in [-0.15, -0.1) is 0 Å². The van der Waals surface area contributed by atoms with E-state index in [1.165, 1.54) is 23.5 Å². The first-order valence-electron chi connectivity index (χ1n) is 6.28. The molecule has 0 saturated carbocycles. The number of alkyl halides is 3. The van der Waals surface area contributed by atoms with Crippen LogP contribution in [0.2, 0.25) is 0 Å². The summed E-state index contributed by atoms with van der Waals surface area (Å²) in [7, 11) is 0. The number of hydrogen-bond acceptors (Lipinski definition) is 3. The van der Waals surface area contributed by atoms with E-state index in [1.807, 2.05) is 24.3 Å². The molecule has 0 amide bonds. The number of hydrogen-bond donors (Lipinski definition) is 1. The number of thiazole rings is 1. The number of anilines is 1. The standard InChI is InChI=1S/C15H11F3N2S/c16-15(17,18)11-6-2-1-5-10(11)9-19-14-20-12-7-3-4-8-13(12)21-14/h1-8H,9H2,(H,19,20). The van der Waals surface area contributed by atoms with Crippen LogP contribution in [0.4, 0.5) is 18.3 Å². The van der Waals surface area contributed by atoms with Crippen molar-refractivity contribution in [1.29, 1.82) is 0 Å². The number of fused-ring (bicyclic) bond motifs is 1. The predicted molar refractivity (Wildman–Crippen MR) is 78.4 cm³/mol. The lowest BCUT2D eigenvalue weighted by atomic mass is 10.1. The van der Waals surface area contributed by atoms with E-state index < -0.39 is 11.7 Å². The van der Waals surface area contributed by atoms with Gasteiger partial charge < -0.3 is 5.32 Å². The SMILES string of the molecule is FC(F)(F)c1ccccc1CNc1nc2ccccc2s1. The smallest absolute Gasteiger partial charge is 0.357 e. The van der Waals surface area contributed by atoms with Gasteiger partial charge in [-0.05, 0) is 23.8 Å². The second-order valence-electron chi connectivity index (χ2n) is 4.50. The lowest BCUT2D eigenvalue weighted by molar-refractivity contribution is -0.138. The number of nitrogens with zero attached hydrogens (tertiary/aromatic N) is 1. The maximum Gasteiger partial charge on any atom is 0.416 e. The van der Waals surface area contributed by atoms with Crippen molar-refractivity contribution in [2.45, 2.75) is 12.7 Å². The molecule has 6 heteroatoms. The van der Waals surface area contributed by atoms with Gasteiger partial charge in [-0.1, -0.05) is 41.7 Å². The summed E-state index contributed by atoms with van der Waals surface area (Å²) in [5, 5.41) is 3.59. The van der Waals surface area contributed by atoms with E-state index in [9.17, 15) is 13.2 Å². The van der Waals surface area contributed by atoms with Crippen molar-refractivity contribution >= 4 is 26.7 Å². The topological polar surface area (TPSA) is 24.9 Å². The number of aromatic nitrogens is 1. The molecule has 0 fully saturated rings. The van der Waals surface area contributed by atoms with E-state index in [-0.39, 0.29) is 12.1 Å². The highest BCUT2D eigenvalue weighted by molar-refractivity contribution is 7.22. The fraction of sp³-hybridized carbons (Fsp3) is 0.133. The van der Waals surface area contributed by atoms with E-state index in [2.05, 4.69) is 10.3 Å². The summed E-state index contributed by atoms with van der Waals surface area (Å²) in [4.78, 5) is 4.35. The van der Waals surface area contributed by atoms with E-state index in [0.29, 0.717) is 5.13 Å². The van der Waals surface area contributed by atoms with E-state index in [0.717, 1.165) is 16.3 Å². The fourth-order valence-electron chi connectivity index (χ4n) is 2.07. The average molecular weight is 308 g/mol. The maximum absolute atomic E-state index is 12.9. The molecule has 0 bridgehead atoms. The summed E-state index contributed by atoms with van der Waals surface area (Å²) >= 11 is 1.43. The minimum Gasteiger partial charge on any atom is -0.357 e. The zero-order valence-electron chi connectivity index (χ0n) is 10.8. The Balaban J connectivity index is 1.82. The van der Waals surface area contributed by atoms with E-state index in [1.54, 1.807) is 6.07 Å². The monoisotopic (exact) mass is 308 g/mol. The molecule has 2 nitrogen and oxygen atoms in total. The molecule has 1 aromatic heterocycles. The molecule has 108 valence electrons. The molecule has 3 rings (SSSR count). The molecular weight excluding hydrogens is 297 g/mol. The molecule has 21 heavy (non-hydrogen) atoms. The van der Waals surface area contributed by atoms with Crippen LogP contribution in [0.3, 0.4) is 0 Å². The zero-order chi connectivity index (χ0) is 14.9. The second kappa shape index (κ2) is 5.37. The number of nitrogens with one attached hydrogen (secondary N) is 1. The Kier molecular flexibility index (Phi) is 3.55. The lowest BCUT2D eigenvalue weighted by Gasteiger charge is -2.12. The minimum absolute atomic E-state index is 0.0928. The van der Waals surface area contributed by atoms with Crippen molar-refractivity contribution in [3.8, 4) is 0 Å². The Morgan fingerprint density at radius 2 is 1.71 bits per heavy atom. The summed E-state index contributed by atoms with van der Waals surface area (Å²) in [6.45, 7) is 0.0928. The van der Waals surface area contributed by atoms with Gasteiger partial charge in [-0.3, -0.25) is 0 Å². The van der Waals surface area contributed by atoms with Crippen molar-refractivity contribution in [2.75, 3.05) is 5.32 Å². The molecule has 0 aliphatic heterocycles. The second-order valence-corrected chi connectivity index (χ2v) is 5.53. The third-order valence-electron chi connectivity index (χ3n) is 3.05. The summed E-state index contributed by atoms with van der Waals surface area (Å²) in [6.07, 6.45) is -4.34. The Morgan fingerprint density at radius 3 is 2.48 bits per heavy atom. The van der Waals surface area contributed by atoms with Crippen molar-refractivity contribution in [3.05, 3.63) is 59.7 Å². The van der Waals surface area contributed by atoms with Gasteiger partial charge in [-0.25, -0.2) is 4.98 Å². The van der Waals surface area contributed by atoms with Crippen molar-refractivity contribution in [2.24, 2.45) is 0 Å². The molecule has 0 saturated heterocycles. The first-order chi connectivity index (χ1) is 10.0. The molecule has 0 unspecified atom stereocenters. The Morgan fingerprint density at radius 1 is 1.00 bits per heavy atom. The van der Waals surface area contributed by atoms with Gasteiger partial charge in [0.05, 0.1) is 15.8 Å². The molecule has 0 aliphatic carbocycles. The van der Waals surface area contributed by atoms with Gasteiger partial charge in [0.1, 0.15) is 0 Å². The Labute approximate surface area is 123 Å². The summed E-state index contributed by atoms with van der Waals surface area (Å²) in [5.41, 5.74) is 0.442. The predicted octanol–water partition coefficient (Wildman–Crippen LogP) is 4.93. The quantitative estimate of drug-likeness (QED) is 0.742. The van der Waals surface area contributed by atoms with E-state index >= 15 is 0 Å². The highest BCUT2D eigenvalue weighted by Gasteiger charge is 2.32. The molecule has 0 spiro atoms. The Hall–Kier alpha value is -2.08. The number of benzene rings is 2. The highest BCUT2D eigenvalue weighted by Crippen LogP contribution is 2.32. The Bertz CT molecular complexity index is 732. The van der Waals surface area contributed by atoms with Crippen LogP contribution in [0.1, 0.15) is 11.1 Å². The molecule has 0 radical (unpaired) electrons. The summed E-state index contributed by atoms with van der Waals surface area (Å²) in [6, 6.07) is 13.2. The maximum atomic E-state index is 12.9. The van der Waals surface area contributed by atoms with Crippen LogP contribution in [0.5, 0.6) is 0 Å². The van der Waals surface area contributed by atoms with Crippen molar-refractivity contribution in [3.63, 3.8) is 0 Å². The molecule has 3 aromatic rings. The molecule has 0 atom stereocenters. The van der Waals surface area contributed by atoms with Gasteiger partial charge in [0.25, 0.3) is 0 Å².